The van der Waals surface area contributed by atoms with Crippen LogP contribution in [0.25, 0.3) is 54.8 Å². The Balaban J connectivity index is 0.000000175. The number of H-pyrrole nitrogens is 1. The number of amides is 4. The smallest absolute Gasteiger partial charge is 0.447 e. The lowest BCUT2D eigenvalue weighted by Gasteiger charge is -2.18. The molecule has 0 aliphatic carbocycles. The van der Waals surface area contributed by atoms with Crippen LogP contribution in [0.3, 0.4) is 0 Å². The van der Waals surface area contributed by atoms with Crippen LogP contribution in [0, 0.1) is 10.1 Å². The number of aromatic nitrogens is 7. The van der Waals surface area contributed by atoms with Crippen LogP contribution in [0.15, 0.2) is 306 Å². The van der Waals surface area contributed by atoms with Crippen molar-refractivity contribution in [2.75, 3.05) is 16.4 Å². The second-order valence-electron chi connectivity index (χ2n) is 28.4. The third-order valence-electron chi connectivity index (χ3n) is 18.9. The Morgan fingerprint density at radius 2 is 0.831 bits per heavy atom. The zero-order chi connectivity index (χ0) is 103. The number of aromatic amines is 1. The molecule has 726 valence electrons. The zero-order valence-electron chi connectivity index (χ0n) is 71.6. The Hall–Kier alpha value is -18.4. The topological polar surface area (TPSA) is 503 Å². The van der Waals surface area contributed by atoms with Gasteiger partial charge >= 0.3 is 31.4 Å². The fourth-order valence-electron chi connectivity index (χ4n) is 12.6. The first kappa shape index (κ1) is 104. The van der Waals surface area contributed by atoms with Gasteiger partial charge in [0.2, 0.25) is 29.5 Å². The summed E-state index contributed by atoms with van der Waals surface area (Å²) in [4.78, 5) is 162. The van der Waals surface area contributed by atoms with E-state index in [4.69, 9.17) is 42.1 Å². The fraction of sp³-hybridized carbons (Fsp3) is 0.0745. The molecule has 16 rings (SSSR count). The molecule has 0 saturated heterocycles. The second-order valence-corrected chi connectivity index (χ2v) is 29.7. The van der Waals surface area contributed by atoms with Gasteiger partial charge in [0.05, 0.1) is 56.1 Å². The Kier molecular flexibility index (Phi) is 33.3. The molecule has 0 aliphatic heterocycles. The first-order valence-electron chi connectivity index (χ1n) is 39.8. The van der Waals surface area contributed by atoms with Crippen molar-refractivity contribution < 1.29 is 138 Å². The lowest BCUT2D eigenvalue weighted by molar-refractivity contribution is -0.275. The summed E-state index contributed by atoms with van der Waals surface area (Å²) in [5, 5.41) is 27.9. The number of carbonyl (C=O) groups excluding carboxylic acids is 9. The number of nitrogens with one attached hydrogen (secondary N) is 3. The highest BCUT2D eigenvalue weighted by Gasteiger charge is 2.36. The maximum atomic E-state index is 13.4. The Bertz CT molecular complexity index is 7710. The number of nitrogens with zero attached hydrogens (tertiary/aromatic N) is 7. The molecule has 35 nitrogen and oxygen atoms in total. The number of fused-ring (bicyclic) bond motifs is 3. The van der Waals surface area contributed by atoms with Gasteiger partial charge in [-0.3, -0.25) is 76.0 Å². The van der Waals surface area contributed by atoms with E-state index in [0.717, 1.165) is 60.6 Å². The number of anilines is 3. The van der Waals surface area contributed by atoms with Crippen LogP contribution in [0.5, 0.6) is 23.0 Å². The molecule has 0 spiro atoms. The summed E-state index contributed by atoms with van der Waals surface area (Å²) in [6.07, 6.45) is -16.2. The minimum atomic E-state index is -4.90. The lowest BCUT2D eigenvalue weighted by atomic mass is 9.99. The Morgan fingerprint density at radius 1 is 0.458 bits per heavy atom. The first-order valence-corrected chi connectivity index (χ1v) is 40.8. The number of primary amides is 2. The summed E-state index contributed by atoms with van der Waals surface area (Å²) in [5.41, 5.74) is 16.0. The van der Waals surface area contributed by atoms with Crippen LogP contribution in [0.4, 0.5) is 75.6 Å². The minimum Gasteiger partial charge on any atom is -0.447 e. The number of hydrogen-bond donors (Lipinski definition) is 7. The van der Waals surface area contributed by atoms with E-state index in [-0.39, 0.29) is 112 Å². The quantitative estimate of drug-likeness (QED) is 0.00827. The summed E-state index contributed by atoms with van der Waals surface area (Å²) in [6.45, 7) is 8.00. The maximum absolute atomic E-state index is 13.4. The maximum Gasteiger partial charge on any atom is 0.573 e. The van der Waals surface area contributed by atoms with Crippen molar-refractivity contribution in [2.45, 2.75) is 44.6 Å². The van der Waals surface area contributed by atoms with Crippen molar-refractivity contribution in [3.63, 3.8) is 0 Å². The molecular formula is C94H62F12IN13O22. The Morgan fingerprint density at radius 3 is 1.25 bits per heavy atom. The van der Waals surface area contributed by atoms with E-state index in [1.165, 1.54) is 176 Å². The average molecular weight is 2080 g/mol. The predicted molar refractivity (Wildman–Crippen MR) is 486 cm³/mol. The summed E-state index contributed by atoms with van der Waals surface area (Å²) in [6, 6.07) is 56.2. The normalized spacial score (nSPS) is 11.5. The van der Waals surface area contributed by atoms with Crippen LogP contribution in [0.1, 0.15) is 104 Å². The fourth-order valence-corrected chi connectivity index (χ4v) is 13.0. The number of benzene rings is 9. The molecule has 0 radical (unpaired) electrons. The SMILES string of the molecule is CC(=O)OC(C(=O)Nc1ccc2c(C(=O)c3ccccc3C(N)=O)noc2c1)c1cccn(-c2ccc(OC(F)(F)F)cc2)c1=O.FC(F)(F)Oc1ccc(I)cc1.Nc1noc2cc(NC(=O)C(O)c3cccn(-c4ccc(OC(F)(F)F)cc4)c3=O)ccc12.O=Cc1ccc[nH]c1=O.O=Cc1cccn(-c2ccc(OC(F)(F)F)cc2)c1=O.[C-]#[N+]c1ccc2c(C(=O)c3ccccc3C(N)=O)noc2c1. The lowest BCUT2D eigenvalue weighted by Crippen LogP contribution is -2.32. The van der Waals surface area contributed by atoms with Crippen molar-refractivity contribution in [3.05, 3.63) is 386 Å². The van der Waals surface area contributed by atoms with Crippen LogP contribution in [0.2, 0.25) is 0 Å². The molecule has 9 aromatic carbocycles. The van der Waals surface area contributed by atoms with Gasteiger partial charge < -0.3 is 75.2 Å². The van der Waals surface area contributed by atoms with Crippen molar-refractivity contribution in [1.29, 1.82) is 0 Å². The van der Waals surface area contributed by atoms with E-state index < -0.39 is 107 Å². The number of rotatable bonds is 22. The molecule has 7 heterocycles. The molecule has 142 heavy (non-hydrogen) atoms. The van der Waals surface area contributed by atoms with Gasteiger partial charge in [0.15, 0.2) is 58.3 Å². The highest BCUT2D eigenvalue weighted by Crippen LogP contribution is 2.34. The summed E-state index contributed by atoms with van der Waals surface area (Å²) < 4.78 is 185. The predicted octanol–water partition coefficient (Wildman–Crippen LogP) is 16.2. The number of carbonyl (C=O) groups is 9. The molecule has 48 heteroatoms. The zero-order valence-corrected chi connectivity index (χ0v) is 73.7. The average Bonchev–Trinajstić information content (AvgIpc) is 1.56. The van der Waals surface area contributed by atoms with Gasteiger partial charge in [0, 0.05) is 87.0 Å². The monoisotopic (exact) mass is 2080 g/mol. The van der Waals surface area contributed by atoms with Crippen LogP contribution >= 0.6 is 22.6 Å². The molecule has 16 aromatic rings. The number of aliphatic hydroxyl groups excluding tert-OH is 1. The molecule has 0 saturated carbocycles. The van der Waals surface area contributed by atoms with E-state index in [2.05, 4.69) is 54.9 Å². The number of aliphatic hydroxyl groups is 1. The number of ether oxygens (including phenoxy) is 5. The number of nitrogen functional groups attached to an aromatic ring is 1. The van der Waals surface area contributed by atoms with Gasteiger partial charge in [-0.1, -0.05) is 64.0 Å². The first-order chi connectivity index (χ1) is 67.3. The largest absolute Gasteiger partial charge is 0.573 e. The van der Waals surface area contributed by atoms with E-state index in [1.54, 1.807) is 60.7 Å². The van der Waals surface area contributed by atoms with Gasteiger partial charge in [-0.25, -0.2) is 4.85 Å². The van der Waals surface area contributed by atoms with Crippen LogP contribution in [-0.2, 0) is 19.1 Å². The van der Waals surface area contributed by atoms with Crippen LogP contribution < -0.4 is 69.0 Å². The van der Waals surface area contributed by atoms with E-state index in [0.29, 0.717) is 45.9 Å². The standard InChI is InChI=1S/C31H21F3N4O8.C21H15F3N4O5.C16H9N3O3.C13H8F3NO3.C7H4F3IO.C6H5NO2/c1-16(39)44-27(23-7-4-14-38(30(23)43)18-9-11-19(12-10-18)45-31(32,33)34)29(42)36-17-8-13-22-24(15-17)46-37-25(22)26(40)20-5-2-3-6-21(20)28(35)41;22-21(23,24)32-13-6-4-12(5-7-13)28-9-1-2-15(20(28)31)17(29)19(30)26-11-3-8-14-16(10-11)33-27-18(14)25;1-18-9-6-7-12-13(8-9)22-19-14(12)15(20)10-4-2-3-5-11(10)16(17)21;14-13(15,16)20-11-5-3-10(4-6-11)17-7-1-2-9(8-18)12(17)19;8-7(9,10)12-6-3-1-5(11)2-4-6;8-4-5-2-1-3-7-6(5)9/h2-15,27H,1H3,(H2,35,41)(H,36,42);1-10,17,29H,(H2,25,27)(H,26,30);2-8H,(H2,17,21);1-8H;1-4H;1-4H,(H,7,9). The molecular weight excluding hydrogens is 2020 g/mol. The van der Waals surface area contributed by atoms with Gasteiger partial charge in [-0.2, -0.15) is 0 Å². The van der Waals surface area contributed by atoms with Gasteiger partial charge in [-0.05, 0) is 211 Å². The second kappa shape index (κ2) is 45.5. The third kappa shape index (κ3) is 27.7. The summed E-state index contributed by atoms with van der Waals surface area (Å²) in [7, 11) is 0. The molecule has 7 aromatic heterocycles. The molecule has 0 bridgehead atoms. The van der Waals surface area contributed by atoms with Crippen molar-refractivity contribution >= 4 is 132 Å². The number of hydrogen-bond acceptors (Lipinski definition) is 26. The molecule has 4 amide bonds. The number of nitrogens with two attached hydrogens (primary N) is 3. The Labute approximate surface area is 798 Å². The molecule has 2 unspecified atom stereocenters. The number of pyridine rings is 4. The molecule has 0 aliphatic rings. The molecule has 2 atom stereocenters. The third-order valence-corrected chi connectivity index (χ3v) is 19.6. The number of ketones is 2. The number of esters is 1. The minimum absolute atomic E-state index is 0.00323. The van der Waals surface area contributed by atoms with E-state index in [1.807, 2.05) is 22.6 Å². The highest BCUT2D eigenvalue weighted by atomic mass is 127. The summed E-state index contributed by atoms with van der Waals surface area (Å²) >= 11 is 2.00. The van der Waals surface area contributed by atoms with E-state index >= 15 is 0 Å². The van der Waals surface area contributed by atoms with E-state index in [9.17, 15) is 120 Å². The van der Waals surface area contributed by atoms with Crippen molar-refractivity contribution in [3.8, 4) is 40.1 Å². The number of halogens is 13. The molecule has 10 N–H and O–H groups in total. The van der Waals surface area contributed by atoms with Crippen molar-refractivity contribution in [1.82, 2.24) is 34.2 Å². The number of alkyl halides is 12. The van der Waals surface area contributed by atoms with Gasteiger partial charge in [-0.15, -0.1) is 52.7 Å². The van der Waals surface area contributed by atoms with Crippen LogP contribution in [-0.4, -0.2) is 118 Å². The number of aldehydes is 2. The molecule has 0 fully saturated rings. The summed E-state index contributed by atoms with van der Waals surface area (Å²) in [5.74, 6) is -6.62. The van der Waals surface area contributed by atoms with Gasteiger partial charge in [0.1, 0.15) is 23.0 Å². The van der Waals surface area contributed by atoms with Crippen molar-refractivity contribution in [2.24, 2.45) is 11.5 Å². The van der Waals surface area contributed by atoms with Gasteiger partial charge in [0.25, 0.3) is 34.1 Å². The highest BCUT2D eigenvalue weighted by molar-refractivity contribution is 14.1.